The molecule has 3 aliphatic heterocycles. The lowest BCUT2D eigenvalue weighted by molar-refractivity contribution is 0.0706. The molecule has 1 saturated carbocycles. The minimum Gasteiger partial charge on any atom is -0.335 e. The molecule has 1 amide bonds. The van der Waals surface area contributed by atoms with Crippen LogP contribution < -0.4 is 0 Å². The first-order valence-corrected chi connectivity index (χ1v) is 9.29. The zero-order valence-electron chi connectivity index (χ0n) is 14.2. The predicted octanol–water partition coefficient (Wildman–Crippen LogP) is 2.24. The molecule has 0 N–H and O–H groups in total. The van der Waals surface area contributed by atoms with Crippen molar-refractivity contribution >= 4 is 5.91 Å². The highest BCUT2D eigenvalue weighted by Crippen LogP contribution is 2.33. The lowest BCUT2D eigenvalue weighted by Gasteiger charge is -2.40. The van der Waals surface area contributed by atoms with Gasteiger partial charge in [0.2, 0.25) is 0 Å². The number of aryl methyl sites for hydroxylation is 1. The maximum absolute atomic E-state index is 13.0. The van der Waals surface area contributed by atoms with Crippen molar-refractivity contribution in [3.63, 3.8) is 0 Å². The van der Waals surface area contributed by atoms with Gasteiger partial charge >= 0.3 is 0 Å². The SMILES string of the molecule is CCn1nccc1C(=O)N1C[C@H]2CC[C@@H](C1)N(CC1CCC1)C2. The Hall–Kier alpha value is -1.36. The van der Waals surface area contributed by atoms with Gasteiger partial charge in [-0.25, -0.2) is 0 Å². The molecule has 1 aromatic rings. The van der Waals surface area contributed by atoms with E-state index in [1.807, 2.05) is 17.7 Å². The Balaban J connectivity index is 1.47. The number of rotatable bonds is 4. The summed E-state index contributed by atoms with van der Waals surface area (Å²) in [6, 6.07) is 2.43. The van der Waals surface area contributed by atoms with Crippen LogP contribution in [-0.4, -0.2) is 57.7 Å². The molecule has 1 aromatic heterocycles. The fraction of sp³-hybridized carbons (Fsp3) is 0.778. The van der Waals surface area contributed by atoms with Gasteiger partial charge in [0.25, 0.3) is 5.91 Å². The third kappa shape index (κ3) is 2.91. The second-order valence-corrected chi connectivity index (χ2v) is 7.59. The summed E-state index contributed by atoms with van der Waals surface area (Å²) in [6.07, 6.45) is 8.51. The van der Waals surface area contributed by atoms with Crippen LogP contribution in [0.15, 0.2) is 12.3 Å². The molecular weight excluding hydrogens is 288 g/mol. The van der Waals surface area contributed by atoms with Crippen molar-refractivity contribution in [1.82, 2.24) is 19.6 Å². The van der Waals surface area contributed by atoms with Crippen molar-refractivity contribution in [2.45, 2.75) is 51.6 Å². The molecular formula is C18H28N4O. The zero-order valence-corrected chi connectivity index (χ0v) is 14.2. The number of carbonyl (C=O) groups excluding carboxylic acids is 1. The number of amides is 1. The Bertz CT molecular complexity index is 565. The van der Waals surface area contributed by atoms with Gasteiger partial charge < -0.3 is 4.90 Å². The normalized spacial score (nSPS) is 28.7. The van der Waals surface area contributed by atoms with Crippen LogP contribution in [0.2, 0.25) is 0 Å². The average Bonchev–Trinajstić information content (AvgIpc) is 2.82. The molecule has 2 atom stereocenters. The van der Waals surface area contributed by atoms with Crippen molar-refractivity contribution < 1.29 is 4.79 Å². The highest BCUT2D eigenvalue weighted by atomic mass is 16.2. The van der Waals surface area contributed by atoms with Crippen molar-refractivity contribution in [2.24, 2.45) is 11.8 Å². The molecule has 4 fully saturated rings. The number of hydrogen-bond acceptors (Lipinski definition) is 3. The second-order valence-electron chi connectivity index (χ2n) is 7.59. The van der Waals surface area contributed by atoms with E-state index in [-0.39, 0.29) is 5.91 Å². The molecule has 4 heterocycles. The van der Waals surface area contributed by atoms with E-state index in [2.05, 4.69) is 14.9 Å². The van der Waals surface area contributed by atoms with Gasteiger partial charge in [-0.3, -0.25) is 14.4 Å². The van der Waals surface area contributed by atoms with Crippen molar-refractivity contribution in [3.8, 4) is 0 Å². The van der Waals surface area contributed by atoms with E-state index in [4.69, 9.17) is 0 Å². The first-order valence-electron chi connectivity index (χ1n) is 9.29. The minimum atomic E-state index is 0.173. The molecule has 1 aliphatic carbocycles. The van der Waals surface area contributed by atoms with E-state index < -0.39 is 0 Å². The highest BCUT2D eigenvalue weighted by molar-refractivity contribution is 5.92. The average molecular weight is 316 g/mol. The van der Waals surface area contributed by atoms with Crippen molar-refractivity contribution in [1.29, 1.82) is 0 Å². The van der Waals surface area contributed by atoms with Crippen LogP contribution in [0.25, 0.3) is 0 Å². The van der Waals surface area contributed by atoms with Crippen LogP contribution in [0.1, 0.15) is 49.5 Å². The van der Waals surface area contributed by atoms with Crippen LogP contribution in [0.3, 0.4) is 0 Å². The van der Waals surface area contributed by atoms with Gasteiger partial charge in [0.15, 0.2) is 0 Å². The van der Waals surface area contributed by atoms with Crippen LogP contribution in [0, 0.1) is 11.8 Å². The molecule has 5 heteroatoms. The number of piperidine rings is 1. The van der Waals surface area contributed by atoms with Gasteiger partial charge in [-0.05, 0) is 50.5 Å². The summed E-state index contributed by atoms with van der Waals surface area (Å²) >= 11 is 0. The summed E-state index contributed by atoms with van der Waals surface area (Å²) in [5.41, 5.74) is 0.749. The predicted molar refractivity (Wildman–Crippen MR) is 89.2 cm³/mol. The first kappa shape index (κ1) is 15.2. The van der Waals surface area contributed by atoms with Gasteiger partial charge in [0.05, 0.1) is 0 Å². The molecule has 5 rings (SSSR count). The molecule has 2 bridgehead atoms. The van der Waals surface area contributed by atoms with Gasteiger partial charge in [0, 0.05) is 45.0 Å². The molecule has 0 radical (unpaired) electrons. The quantitative estimate of drug-likeness (QED) is 0.855. The third-order valence-corrected chi connectivity index (χ3v) is 6.07. The first-order chi connectivity index (χ1) is 11.2. The molecule has 0 spiro atoms. The molecule has 23 heavy (non-hydrogen) atoms. The third-order valence-electron chi connectivity index (χ3n) is 6.07. The second kappa shape index (κ2) is 6.27. The minimum absolute atomic E-state index is 0.173. The molecule has 0 unspecified atom stereocenters. The Kier molecular flexibility index (Phi) is 4.14. The van der Waals surface area contributed by atoms with Gasteiger partial charge in [-0.2, -0.15) is 5.10 Å². The number of carbonyl (C=O) groups is 1. The van der Waals surface area contributed by atoms with Crippen LogP contribution in [0.4, 0.5) is 0 Å². The van der Waals surface area contributed by atoms with E-state index in [0.717, 1.165) is 31.2 Å². The standard InChI is InChI=1S/C18H28N4O/c1-2-22-17(8-9-19-22)18(23)21-12-15-6-7-16(13-21)20(11-15)10-14-4-3-5-14/h8-9,14-16H,2-7,10-13H2,1H3/t15-,16-/m0/s1. The van der Waals surface area contributed by atoms with E-state index in [0.29, 0.717) is 12.0 Å². The van der Waals surface area contributed by atoms with E-state index >= 15 is 0 Å². The van der Waals surface area contributed by atoms with Crippen molar-refractivity contribution in [3.05, 3.63) is 18.0 Å². The molecule has 3 saturated heterocycles. The van der Waals surface area contributed by atoms with Crippen LogP contribution >= 0.6 is 0 Å². The molecule has 126 valence electrons. The number of aromatic nitrogens is 2. The number of nitrogens with zero attached hydrogens (tertiary/aromatic N) is 4. The summed E-state index contributed by atoms with van der Waals surface area (Å²) in [5.74, 6) is 1.74. The summed E-state index contributed by atoms with van der Waals surface area (Å²) in [4.78, 5) is 17.8. The maximum atomic E-state index is 13.0. The summed E-state index contributed by atoms with van der Waals surface area (Å²) < 4.78 is 1.82. The fourth-order valence-corrected chi connectivity index (χ4v) is 4.50. The highest BCUT2D eigenvalue weighted by Gasteiger charge is 2.38. The Morgan fingerprint density at radius 2 is 2.09 bits per heavy atom. The van der Waals surface area contributed by atoms with Crippen molar-refractivity contribution in [2.75, 3.05) is 26.2 Å². The molecule has 0 aromatic carbocycles. The zero-order chi connectivity index (χ0) is 15.8. The fourth-order valence-electron chi connectivity index (χ4n) is 4.50. The van der Waals surface area contributed by atoms with Gasteiger partial charge in [0.1, 0.15) is 5.69 Å². The van der Waals surface area contributed by atoms with E-state index in [1.165, 1.54) is 45.2 Å². The number of hydrogen-bond donors (Lipinski definition) is 0. The smallest absolute Gasteiger partial charge is 0.272 e. The van der Waals surface area contributed by atoms with Crippen LogP contribution in [0.5, 0.6) is 0 Å². The largest absolute Gasteiger partial charge is 0.335 e. The summed E-state index contributed by atoms with van der Waals surface area (Å²) in [7, 11) is 0. The van der Waals surface area contributed by atoms with E-state index in [1.54, 1.807) is 6.20 Å². The summed E-state index contributed by atoms with van der Waals surface area (Å²) in [5, 5.41) is 4.26. The summed E-state index contributed by atoms with van der Waals surface area (Å²) in [6.45, 7) is 7.06. The monoisotopic (exact) mass is 316 g/mol. The topological polar surface area (TPSA) is 41.4 Å². The molecule has 5 nitrogen and oxygen atoms in total. The Morgan fingerprint density at radius 1 is 1.22 bits per heavy atom. The number of fused-ring (bicyclic) bond motifs is 4. The van der Waals surface area contributed by atoms with Crippen LogP contribution in [-0.2, 0) is 6.54 Å². The van der Waals surface area contributed by atoms with E-state index in [9.17, 15) is 4.79 Å². The molecule has 4 aliphatic rings. The Morgan fingerprint density at radius 3 is 2.83 bits per heavy atom. The lowest BCUT2D eigenvalue weighted by atomic mass is 9.83. The van der Waals surface area contributed by atoms with Gasteiger partial charge in [-0.15, -0.1) is 0 Å². The Labute approximate surface area is 138 Å². The maximum Gasteiger partial charge on any atom is 0.272 e. The lowest BCUT2D eigenvalue weighted by Crippen LogP contribution is -2.47. The van der Waals surface area contributed by atoms with Gasteiger partial charge in [-0.1, -0.05) is 6.42 Å².